The second-order valence-electron chi connectivity index (χ2n) is 11.6. The number of hydrogen-bond donors (Lipinski definition) is 2. The molecule has 0 amide bonds. The summed E-state index contributed by atoms with van der Waals surface area (Å²) < 4.78 is 22.6. The SMILES string of the molecule is C#COC1CCC(C(=O)O)C(C(=O)OC(C)(C)OOCC2CC(OCCOC3CCCCC3)CCC2C(=O)O)C1. The van der Waals surface area contributed by atoms with Gasteiger partial charge in [-0.1, -0.05) is 25.7 Å². The number of terminal acetylenes is 1. The fourth-order valence-corrected chi connectivity index (χ4v) is 6.03. The van der Waals surface area contributed by atoms with Crippen molar-refractivity contribution in [2.75, 3.05) is 19.8 Å². The molecule has 0 aromatic heterocycles. The second kappa shape index (κ2) is 15.6. The zero-order chi connectivity index (χ0) is 29.1. The molecule has 3 fully saturated rings. The van der Waals surface area contributed by atoms with Crippen molar-refractivity contribution in [3.05, 3.63) is 0 Å². The van der Waals surface area contributed by atoms with Crippen LogP contribution in [0.1, 0.15) is 84.5 Å². The number of carbonyl (C=O) groups is 3. The fourth-order valence-electron chi connectivity index (χ4n) is 6.03. The van der Waals surface area contributed by atoms with Gasteiger partial charge in [-0.25, -0.2) is 4.89 Å². The van der Waals surface area contributed by atoms with Crippen LogP contribution in [0, 0.1) is 36.2 Å². The number of carbonyl (C=O) groups excluding carboxylic acids is 1. The highest BCUT2D eigenvalue weighted by Gasteiger charge is 2.43. The zero-order valence-corrected chi connectivity index (χ0v) is 23.6. The molecule has 3 aliphatic rings. The fraction of sp³-hybridized carbons (Fsp3) is 0.828. The summed E-state index contributed by atoms with van der Waals surface area (Å²) in [6.45, 7) is 3.87. The molecule has 2 N–H and O–H groups in total. The Morgan fingerprint density at radius 3 is 2.08 bits per heavy atom. The number of carboxylic acids is 2. The summed E-state index contributed by atoms with van der Waals surface area (Å²) in [6.07, 6.45) is 15.3. The molecule has 0 aromatic rings. The van der Waals surface area contributed by atoms with Crippen LogP contribution in [0.4, 0.5) is 0 Å². The maximum atomic E-state index is 12.9. The van der Waals surface area contributed by atoms with Gasteiger partial charge in [-0.15, -0.1) is 0 Å². The summed E-state index contributed by atoms with van der Waals surface area (Å²) in [6, 6.07) is 0. The molecule has 6 unspecified atom stereocenters. The highest BCUT2D eigenvalue weighted by molar-refractivity contribution is 5.81. The van der Waals surface area contributed by atoms with Crippen molar-refractivity contribution >= 4 is 17.9 Å². The molecular formula is C29H44O11. The van der Waals surface area contributed by atoms with Crippen LogP contribution in [0.15, 0.2) is 0 Å². The minimum atomic E-state index is -1.54. The quantitative estimate of drug-likeness (QED) is 0.0784. The number of hydrogen-bond acceptors (Lipinski definition) is 9. The Labute approximate surface area is 236 Å². The Bertz CT molecular complexity index is 876. The first-order chi connectivity index (χ1) is 19.1. The lowest BCUT2D eigenvalue weighted by Gasteiger charge is -2.35. The number of rotatable bonds is 14. The van der Waals surface area contributed by atoms with Crippen molar-refractivity contribution in [2.45, 2.75) is 109 Å². The van der Waals surface area contributed by atoms with Crippen LogP contribution in [-0.4, -0.2) is 72.0 Å². The highest BCUT2D eigenvalue weighted by atomic mass is 17.2. The van der Waals surface area contributed by atoms with Gasteiger partial charge in [0, 0.05) is 19.8 Å². The Hall–Kier alpha value is -2.39. The largest absolute Gasteiger partial charge is 0.481 e. The summed E-state index contributed by atoms with van der Waals surface area (Å²) in [5, 5.41) is 19.3. The Balaban J connectivity index is 1.46. The van der Waals surface area contributed by atoms with Gasteiger partial charge >= 0.3 is 17.9 Å². The summed E-state index contributed by atoms with van der Waals surface area (Å²) in [4.78, 5) is 47.3. The number of carboxylic acid groups (broad SMARTS) is 2. The first kappa shape index (κ1) is 32.1. The summed E-state index contributed by atoms with van der Waals surface area (Å²) in [5.74, 6) is -7.15. The molecule has 3 aliphatic carbocycles. The predicted octanol–water partition coefficient (Wildman–Crippen LogP) is 3.93. The van der Waals surface area contributed by atoms with Crippen molar-refractivity contribution in [2.24, 2.45) is 23.7 Å². The van der Waals surface area contributed by atoms with E-state index >= 15 is 0 Å². The predicted molar refractivity (Wildman–Crippen MR) is 140 cm³/mol. The van der Waals surface area contributed by atoms with E-state index in [1.165, 1.54) is 33.1 Å². The van der Waals surface area contributed by atoms with E-state index in [0.29, 0.717) is 45.0 Å². The normalized spacial score (nSPS) is 29.7. The first-order valence-corrected chi connectivity index (χ1v) is 14.4. The van der Waals surface area contributed by atoms with Crippen molar-refractivity contribution in [3.8, 4) is 12.5 Å². The molecule has 6 atom stereocenters. The van der Waals surface area contributed by atoms with Gasteiger partial charge < -0.3 is 29.2 Å². The molecule has 0 aromatic carbocycles. The monoisotopic (exact) mass is 568 g/mol. The van der Waals surface area contributed by atoms with E-state index < -0.39 is 47.6 Å². The van der Waals surface area contributed by atoms with Gasteiger partial charge in [0.2, 0.25) is 5.79 Å². The summed E-state index contributed by atoms with van der Waals surface area (Å²) >= 11 is 0. The average molecular weight is 569 g/mol. The second-order valence-corrected chi connectivity index (χ2v) is 11.6. The minimum absolute atomic E-state index is 0.0321. The standard InChI is InChI=1S/C29H44O11/c1-4-35-22-11-13-24(27(32)33)25(17-22)28(34)39-29(2,3)40-38-18-19-16-21(10-12-23(19)26(30)31)37-15-14-36-20-8-6-5-7-9-20/h1,19-25H,5-18H2,2-3H3,(H,30,31)(H,32,33). The van der Waals surface area contributed by atoms with Gasteiger partial charge in [0.05, 0.1) is 49.8 Å². The van der Waals surface area contributed by atoms with Gasteiger partial charge in [0.15, 0.2) is 0 Å². The van der Waals surface area contributed by atoms with E-state index in [2.05, 4.69) is 6.11 Å². The molecular weight excluding hydrogens is 524 g/mol. The highest BCUT2D eigenvalue weighted by Crippen LogP contribution is 2.35. The first-order valence-electron chi connectivity index (χ1n) is 14.4. The average Bonchev–Trinajstić information content (AvgIpc) is 2.91. The third-order valence-electron chi connectivity index (χ3n) is 8.14. The summed E-state index contributed by atoms with van der Waals surface area (Å²) in [7, 11) is 0. The molecule has 0 spiro atoms. The summed E-state index contributed by atoms with van der Waals surface area (Å²) in [5.41, 5.74) is 0. The van der Waals surface area contributed by atoms with E-state index in [-0.39, 0.29) is 31.5 Å². The van der Waals surface area contributed by atoms with Crippen LogP contribution in [0.25, 0.3) is 0 Å². The minimum Gasteiger partial charge on any atom is -0.481 e. The zero-order valence-electron chi connectivity index (χ0n) is 23.6. The van der Waals surface area contributed by atoms with Gasteiger partial charge in [0.25, 0.3) is 0 Å². The van der Waals surface area contributed by atoms with Crippen molar-refractivity contribution in [1.29, 1.82) is 0 Å². The third kappa shape index (κ3) is 9.91. The maximum Gasteiger partial charge on any atom is 0.312 e. The van der Waals surface area contributed by atoms with Crippen LogP contribution >= 0.6 is 0 Å². The molecule has 0 saturated heterocycles. The Kier molecular flexibility index (Phi) is 12.5. The lowest BCUT2D eigenvalue weighted by molar-refractivity contribution is -0.413. The maximum absolute atomic E-state index is 12.9. The lowest BCUT2D eigenvalue weighted by Crippen LogP contribution is -2.43. The van der Waals surface area contributed by atoms with Crippen molar-refractivity contribution in [1.82, 2.24) is 0 Å². The van der Waals surface area contributed by atoms with E-state index in [9.17, 15) is 24.6 Å². The van der Waals surface area contributed by atoms with Gasteiger partial charge in [-0.3, -0.25) is 14.4 Å². The molecule has 0 radical (unpaired) electrons. The van der Waals surface area contributed by atoms with Crippen LogP contribution in [0.2, 0.25) is 0 Å². The van der Waals surface area contributed by atoms with Gasteiger partial charge in [-0.05, 0) is 51.4 Å². The molecule has 0 heterocycles. The number of esters is 1. The van der Waals surface area contributed by atoms with E-state index in [4.69, 9.17) is 35.1 Å². The molecule has 0 bridgehead atoms. The van der Waals surface area contributed by atoms with Crippen LogP contribution in [0.5, 0.6) is 0 Å². The van der Waals surface area contributed by atoms with Crippen molar-refractivity contribution < 1.29 is 53.3 Å². The molecule has 11 heteroatoms. The smallest absolute Gasteiger partial charge is 0.312 e. The van der Waals surface area contributed by atoms with Gasteiger partial charge in [-0.2, -0.15) is 4.89 Å². The Morgan fingerprint density at radius 2 is 1.43 bits per heavy atom. The Morgan fingerprint density at radius 1 is 0.800 bits per heavy atom. The topological polar surface area (TPSA) is 147 Å². The van der Waals surface area contributed by atoms with E-state index in [1.807, 2.05) is 0 Å². The molecule has 3 rings (SSSR count). The molecule has 3 saturated carbocycles. The molecule has 0 aliphatic heterocycles. The molecule has 40 heavy (non-hydrogen) atoms. The number of ether oxygens (including phenoxy) is 4. The molecule has 226 valence electrons. The van der Waals surface area contributed by atoms with E-state index in [0.717, 1.165) is 12.8 Å². The van der Waals surface area contributed by atoms with Crippen molar-refractivity contribution in [3.63, 3.8) is 0 Å². The van der Waals surface area contributed by atoms with Crippen LogP contribution < -0.4 is 0 Å². The lowest BCUT2D eigenvalue weighted by atomic mass is 9.78. The van der Waals surface area contributed by atoms with Crippen LogP contribution in [0.3, 0.4) is 0 Å². The van der Waals surface area contributed by atoms with Gasteiger partial charge in [0.1, 0.15) is 12.2 Å². The van der Waals surface area contributed by atoms with E-state index in [1.54, 1.807) is 0 Å². The number of aliphatic carboxylic acids is 2. The molecule has 11 nitrogen and oxygen atoms in total. The third-order valence-corrected chi connectivity index (χ3v) is 8.14. The van der Waals surface area contributed by atoms with Crippen LogP contribution in [-0.2, 0) is 43.1 Å².